The Morgan fingerprint density at radius 2 is 2.35 bits per heavy atom. The lowest BCUT2D eigenvalue weighted by Gasteiger charge is -2.23. The number of aryl methyl sites for hydroxylation is 1. The first kappa shape index (κ1) is 17.1. The number of benzene rings is 1. The van der Waals surface area contributed by atoms with Crippen LogP contribution in [0.5, 0.6) is 5.75 Å². The fraction of sp³-hybridized carbons (Fsp3) is 0.500. The van der Waals surface area contributed by atoms with Gasteiger partial charge in [-0.1, -0.05) is 11.6 Å². The Bertz CT molecular complexity index is 449. The topological polar surface area (TPSA) is 50.4 Å². The Labute approximate surface area is 130 Å². The maximum Gasteiger partial charge on any atom is 0.258 e. The van der Waals surface area contributed by atoms with Crippen LogP contribution in [0.1, 0.15) is 18.4 Å². The first-order valence-electron chi connectivity index (χ1n) is 6.54. The van der Waals surface area contributed by atoms with Gasteiger partial charge in [0.05, 0.1) is 0 Å². The average molecular weight is 319 g/mol. The molecule has 2 rings (SSSR count). The number of carbonyl (C=O) groups excluding carboxylic acids is 1. The molecule has 1 amide bonds. The standard InChI is InChI=1S/C14H19ClN2O2.ClH/c1-10-7-11(15)4-5-13(10)19-9-14(18)17-12-3-2-6-16-8-12;/h4-5,7,12,16H,2-3,6,8-9H2,1H3,(H,17,18);1H/t12-;/m0./s1. The fourth-order valence-electron chi connectivity index (χ4n) is 2.16. The molecule has 0 aromatic heterocycles. The van der Waals surface area contributed by atoms with Gasteiger partial charge < -0.3 is 15.4 Å². The summed E-state index contributed by atoms with van der Waals surface area (Å²) in [6.07, 6.45) is 2.13. The molecular formula is C14H20Cl2N2O2. The number of amides is 1. The minimum Gasteiger partial charge on any atom is -0.484 e. The number of hydrogen-bond donors (Lipinski definition) is 2. The molecule has 0 bridgehead atoms. The summed E-state index contributed by atoms with van der Waals surface area (Å²) in [7, 11) is 0. The molecule has 0 radical (unpaired) electrons. The zero-order chi connectivity index (χ0) is 13.7. The summed E-state index contributed by atoms with van der Waals surface area (Å²) in [5, 5.41) is 6.90. The van der Waals surface area contributed by atoms with Crippen molar-refractivity contribution in [1.29, 1.82) is 0 Å². The zero-order valence-electron chi connectivity index (χ0n) is 11.4. The number of piperidine rings is 1. The second-order valence-corrected chi connectivity index (χ2v) is 5.25. The number of nitrogens with one attached hydrogen (secondary N) is 2. The lowest BCUT2D eigenvalue weighted by atomic mass is 10.1. The molecule has 0 saturated carbocycles. The minimum absolute atomic E-state index is 0. The van der Waals surface area contributed by atoms with E-state index in [1.165, 1.54) is 0 Å². The zero-order valence-corrected chi connectivity index (χ0v) is 13.0. The monoisotopic (exact) mass is 318 g/mol. The maximum atomic E-state index is 11.8. The molecule has 1 aliphatic heterocycles. The van der Waals surface area contributed by atoms with Crippen molar-refractivity contribution >= 4 is 29.9 Å². The smallest absolute Gasteiger partial charge is 0.258 e. The van der Waals surface area contributed by atoms with E-state index < -0.39 is 0 Å². The van der Waals surface area contributed by atoms with Gasteiger partial charge in [0, 0.05) is 17.6 Å². The molecule has 2 N–H and O–H groups in total. The quantitative estimate of drug-likeness (QED) is 0.895. The van der Waals surface area contributed by atoms with Crippen LogP contribution in [0.3, 0.4) is 0 Å². The lowest BCUT2D eigenvalue weighted by molar-refractivity contribution is -0.123. The van der Waals surface area contributed by atoms with Gasteiger partial charge in [0.25, 0.3) is 5.91 Å². The minimum atomic E-state index is -0.0805. The van der Waals surface area contributed by atoms with Crippen LogP contribution in [-0.2, 0) is 4.79 Å². The fourth-order valence-corrected chi connectivity index (χ4v) is 2.39. The summed E-state index contributed by atoms with van der Waals surface area (Å²) in [5.41, 5.74) is 0.930. The van der Waals surface area contributed by atoms with Gasteiger partial charge in [-0.05, 0) is 50.1 Å². The molecule has 0 spiro atoms. The van der Waals surface area contributed by atoms with Crippen molar-refractivity contribution in [2.75, 3.05) is 19.7 Å². The Balaban J connectivity index is 0.00000200. The van der Waals surface area contributed by atoms with Gasteiger partial charge in [-0.15, -0.1) is 12.4 Å². The Morgan fingerprint density at radius 1 is 1.55 bits per heavy atom. The number of carbonyl (C=O) groups is 1. The van der Waals surface area contributed by atoms with Crippen LogP contribution in [0, 0.1) is 6.92 Å². The summed E-state index contributed by atoms with van der Waals surface area (Å²) in [5.74, 6) is 0.615. The number of hydrogen-bond acceptors (Lipinski definition) is 3. The SMILES string of the molecule is Cc1cc(Cl)ccc1OCC(=O)N[C@H]1CCCNC1.Cl. The molecule has 112 valence electrons. The second kappa shape index (κ2) is 8.35. The van der Waals surface area contributed by atoms with Crippen LogP contribution in [0.4, 0.5) is 0 Å². The van der Waals surface area contributed by atoms with Crippen molar-refractivity contribution in [1.82, 2.24) is 10.6 Å². The van der Waals surface area contributed by atoms with Gasteiger partial charge in [0.1, 0.15) is 5.75 Å². The molecule has 20 heavy (non-hydrogen) atoms. The van der Waals surface area contributed by atoms with Crippen LogP contribution >= 0.6 is 24.0 Å². The molecule has 1 atom stereocenters. The highest BCUT2D eigenvalue weighted by Gasteiger charge is 2.15. The number of rotatable bonds is 4. The van der Waals surface area contributed by atoms with Gasteiger partial charge in [0.2, 0.25) is 0 Å². The van der Waals surface area contributed by atoms with Crippen LogP contribution in [-0.4, -0.2) is 31.6 Å². The average Bonchev–Trinajstić information content (AvgIpc) is 2.39. The molecule has 1 aliphatic rings. The van der Waals surface area contributed by atoms with Crippen molar-refractivity contribution in [2.45, 2.75) is 25.8 Å². The van der Waals surface area contributed by atoms with Gasteiger partial charge in [-0.3, -0.25) is 4.79 Å². The van der Waals surface area contributed by atoms with Crippen molar-refractivity contribution in [2.24, 2.45) is 0 Å². The molecule has 0 unspecified atom stereocenters. The molecule has 4 nitrogen and oxygen atoms in total. The molecule has 1 heterocycles. The van der Waals surface area contributed by atoms with E-state index in [0.29, 0.717) is 10.8 Å². The summed E-state index contributed by atoms with van der Waals surface area (Å²) < 4.78 is 5.50. The number of halogens is 2. The van der Waals surface area contributed by atoms with Crippen molar-refractivity contribution < 1.29 is 9.53 Å². The lowest BCUT2D eigenvalue weighted by Crippen LogP contribution is -2.47. The summed E-state index contributed by atoms with van der Waals surface area (Å²) >= 11 is 5.87. The van der Waals surface area contributed by atoms with Crippen LogP contribution in [0.15, 0.2) is 18.2 Å². The van der Waals surface area contributed by atoms with E-state index in [4.69, 9.17) is 16.3 Å². The van der Waals surface area contributed by atoms with E-state index in [1.807, 2.05) is 13.0 Å². The maximum absolute atomic E-state index is 11.8. The summed E-state index contributed by atoms with van der Waals surface area (Å²) in [6.45, 7) is 3.82. The molecule has 1 aromatic carbocycles. The summed E-state index contributed by atoms with van der Waals surface area (Å²) in [4.78, 5) is 11.8. The summed E-state index contributed by atoms with van der Waals surface area (Å²) in [6, 6.07) is 5.58. The van der Waals surface area contributed by atoms with E-state index in [1.54, 1.807) is 12.1 Å². The van der Waals surface area contributed by atoms with E-state index >= 15 is 0 Å². The predicted octanol–water partition coefficient (Wildman–Crippen LogP) is 2.32. The van der Waals surface area contributed by atoms with Crippen molar-refractivity contribution in [3.8, 4) is 5.75 Å². The van der Waals surface area contributed by atoms with Crippen LogP contribution in [0.2, 0.25) is 5.02 Å². The van der Waals surface area contributed by atoms with E-state index in [9.17, 15) is 4.79 Å². The van der Waals surface area contributed by atoms with Gasteiger partial charge in [-0.25, -0.2) is 0 Å². The van der Waals surface area contributed by atoms with Gasteiger partial charge in [0.15, 0.2) is 6.61 Å². The van der Waals surface area contributed by atoms with E-state index in [-0.39, 0.29) is 31.0 Å². The highest BCUT2D eigenvalue weighted by molar-refractivity contribution is 6.30. The largest absolute Gasteiger partial charge is 0.484 e. The van der Waals surface area contributed by atoms with Crippen molar-refractivity contribution in [3.63, 3.8) is 0 Å². The van der Waals surface area contributed by atoms with Gasteiger partial charge in [-0.2, -0.15) is 0 Å². The van der Waals surface area contributed by atoms with Gasteiger partial charge >= 0.3 is 0 Å². The molecule has 6 heteroatoms. The first-order chi connectivity index (χ1) is 9.15. The Hall–Kier alpha value is -0.970. The molecule has 1 fully saturated rings. The first-order valence-corrected chi connectivity index (χ1v) is 6.92. The third-order valence-corrected chi connectivity index (χ3v) is 3.39. The Morgan fingerprint density at radius 3 is 3.00 bits per heavy atom. The van der Waals surface area contributed by atoms with E-state index in [2.05, 4.69) is 10.6 Å². The Kier molecular flexibility index (Phi) is 7.13. The molecule has 1 saturated heterocycles. The van der Waals surface area contributed by atoms with Crippen LogP contribution < -0.4 is 15.4 Å². The third-order valence-electron chi connectivity index (χ3n) is 3.16. The highest BCUT2D eigenvalue weighted by Crippen LogP contribution is 2.21. The van der Waals surface area contributed by atoms with E-state index in [0.717, 1.165) is 31.5 Å². The number of ether oxygens (including phenoxy) is 1. The molecular weight excluding hydrogens is 299 g/mol. The third kappa shape index (κ3) is 5.19. The highest BCUT2D eigenvalue weighted by atomic mass is 35.5. The second-order valence-electron chi connectivity index (χ2n) is 4.81. The van der Waals surface area contributed by atoms with Crippen molar-refractivity contribution in [3.05, 3.63) is 28.8 Å². The predicted molar refractivity (Wildman–Crippen MR) is 83.0 cm³/mol. The molecule has 0 aliphatic carbocycles. The van der Waals surface area contributed by atoms with Crippen LogP contribution in [0.25, 0.3) is 0 Å². The molecule has 1 aromatic rings. The normalized spacial score (nSPS) is 18.0.